The Kier molecular flexibility index (Phi) is 7.31. The second kappa shape index (κ2) is 10.1. The molecule has 3 aromatic rings. The van der Waals surface area contributed by atoms with Gasteiger partial charge in [-0.3, -0.25) is 9.52 Å². The van der Waals surface area contributed by atoms with Crippen LogP contribution in [0.25, 0.3) is 0 Å². The molecule has 162 valence electrons. The molecule has 0 aliphatic carbocycles. The number of sulfonamides is 1. The van der Waals surface area contributed by atoms with Crippen molar-refractivity contribution in [2.45, 2.75) is 31.6 Å². The van der Waals surface area contributed by atoms with Crippen molar-refractivity contribution in [1.29, 1.82) is 0 Å². The maximum Gasteiger partial charge on any atom is 0.261 e. The first-order chi connectivity index (χ1) is 14.8. The minimum Gasteiger partial charge on any atom is -0.494 e. The molecule has 2 N–H and O–H groups in total. The van der Waals surface area contributed by atoms with Crippen molar-refractivity contribution in [3.8, 4) is 5.75 Å². The molecule has 0 radical (unpaired) electrons. The fraction of sp³-hybridized carbons (Fsp3) is 0.208. The predicted octanol–water partition coefficient (Wildman–Crippen LogP) is 4.90. The monoisotopic (exact) mass is 438 g/mol. The second-order valence-corrected chi connectivity index (χ2v) is 8.89. The first-order valence-corrected chi connectivity index (χ1v) is 11.5. The molecular formula is C24H26N2O4S. The predicted molar refractivity (Wildman–Crippen MR) is 123 cm³/mol. The molecule has 0 fully saturated rings. The first-order valence-electron chi connectivity index (χ1n) is 10.0. The molecule has 0 aliphatic heterocycles. The Morgan fingerprint density at radius 2 is 1.52 bits per heavy atom. The molecule has 0 heterocycles. The number of carbonyl (C=O) groups excluding carboxylic acids is 1. The number of ether oxygens (including phenoxy) is 1. The molecule has 0 spiro atoms. The van der Waals surface area contributed by atoms with Gasteiger partial charge in [-0.15, -0.1) is 0 Å². The highest BCUT2D eigenvalue weighted by Gasteiger charge is 2.16. The molecule has 1 amide bonds. The van der Waals surface area contributed by atoms with Crippen LogP contribution in [0.2, 0.25) is 0 Å². The van der Waals surface area contributed by atoms with Crippen LogP contribution in [0, 0.1) is 13.8 Å². The summed E-state index contributed by atoms with van der Waals surface area (Å²) in [6, 6.07) is 21.1. The molecule has 0 aliphatic rings. The fourth-order valence-electron chi connectivity index (χ4n) is 3.05. The number of aryl methyl sites for hydroxylation is 2. The number of amides is 1. The van der Waals surface area contributed by atoms with Crippen molar-refractivity contribution in [1.82, 2.24) is 0 Å². The Labute approximate surface area is 183 Å². The van der Waals surface area contributed by atoms with Gasteiger partial charge in [-0.05, 0) is 67.8 Å². The lowest BCUT2D eigenvalue weighted by molar-refractivity contribution is -0.116. The van der Waals surface area contributed by atoms with Gasteiger partial charge in [0.1, 0.15) is 5.75 Å². The number of benzene rings is 3. The minimum absolute atomic E-state index is 0.129. The van der Waals surface area contributed by atoms with Crippen LogP contribution in [0.5, 0.6) is 5.75 Å². The van der Waals surface area contributed by atoms with E-state index in [9.17, 15) is 13.2 Å². The van der Waals surface area contributed by atoms with Gasteiger partial charge in [0.25, 0.3) is 10.0 Å². The van der Waals surface area contributed by atoms with Gasteiger partial charge in [0.2, 0.25) is 5.91 Å². The van der Waals surface area contributed by atoms with Gasteiger partial charge in [-0.2, -0.15) is 0 Å². The first kappa shape index (κ1) is 22.4. The summed E-state index contributed by atoms with van der Waals surface area (Å²) in [6.45, 7) is 4.15. The quantitative estimate of drug-likeness (QED) is 0.465. The van der Waals surface area contributed by atoms with Gasteiger partial charge in [-0.25, -0.2) is 8.42 Å². The SMILES string of the molecule is Cc1cccc(C)c1NS(=O)(=O)c1ccc(NC(=O)CCCOc2ccccc2)cc1. The molecular weight excluding hydrogens is 412 g/mol. The summed E-state index contributed by atoms with van der Waals surface area (Å²) in [4.78, 5) is 12.3. The average Bonchev–Trinajstić information content (AvgIpc) is 2.75. The Morgan fingerprint density at radius 1 is 0.871 bits per heavy atom. The summed E-state index contributed by atoms with van der Waals surface area (Å²) in [6.07, 6.45) is 0.883. The molecule has 0 bridgehead atoms. The summed E-state index contributed by atoms with van der Waals surface area (Å²) in [7, 11) is -3.73. The lowest BCUT2D eigenvalue weighted by Gasteiger charge is -2.13. The number of anilines is 2. The average molecular weight is 439 g/mol. The maximum absolute atomic E-state index is 12.7. The molecule has 3 aromatic carbocycles. The summed E-state index contributed by atoms with van der Waals surface area (Å²) < 4.78 is 33.7. The number of rotatable bonds is 9. The van der Waals surface area contributed by atoms with Crippen molar-refractivity contribution in [2.24, 2.45) is 0 Å². The molecule has 0 atom stereocenters. The van der Waals surface area contributed by atoms with E-state index in [1.54, 1.807) is 12.1 Å². The number of nitrogens with one attached hydrogen (secondary N) is 2. The van der Waals surface area contributed by atoms with Crippen molar-refractivity contribution in [3.63, 3.8) is 0 Å². The van der Waals surface area contributed by atoms with E-state index in [2.05, 4.69) is 10.0 Å². The zero-order valence-electron chi connectivity index (χ0n) is 17.6. The number of hydrogen-bond donors (Lipinski definition) is 2. The van der Waals surface area contributed by atoms with Crippen LogP contribution < -0.4 is 14.8 Å². The molecule has 6 nitrogen and oxygen atoms in total. The molecule has 3 rings (SSSR count). The Bertz CT molecular complexity index is 1110. The number of para-hydroxylation sites is 2. The van der Waals surface area contributed by atoms with Crippen molar-refractivity contribution < 1.29 is 17.9 Å². The second-order valence-electron chi connectivity index (χ2n) is 7.21. The largest absolute Gasteiger partial charge is 0.494 e. The lowest BCUT2D eigenvalue weighted by Crippen LogP contribution is -2.15. The maximum atomic E-state index is 12.7. The van der Waals surface area contributed by atoms with E-state index in [1.807, 2.05) is 62.4 Å². The van der Waals surface area contributed by atoms with Gasteiger partial charge in [0.15, 0.2) is 0 Å². The van der Waals surface area contributed by atoms with Gasteiger partial charge in [0.05, 0.1) is 17.2 Å². The zero-order valence-corrected chi connectivity index (χ0v) is 18.4. The highest BCUT2D eigenvalue weighted by atomic mass is 32.2. The molecule has 0 aromatic heterocycles. The van der Waals surface area contributed by atoms with Gasteiger partial charge in [-0.1, -0.05) is 36.4 Å². The summed E-state index contributed by atoms with van der Waals surface area (Å²) >= 11 is 0. The van der Waals surface area contributed by atoms with E-state index in [0.717, 1.165) is 16.9 Å². The van der Waals surface area contributed by atoms with Crippen molar-refractivity contribution in [3.05, 3.63) is 83.9 Å². The van der Waals surface area contributed by atoms with E-state index in [0.29, 0.717) is 30.8 Å². The lowest BCUT2D eigenvalue weighted by atomic mass is 10.1. The van der Waals surface area contributed by atoms with Crippen LogP contribution in [0.1, 0.15) is 24.0 Å². The van der Waals surface area contributed by atoms with E-state index < -0.39 is 10.0 Å². The van der Waals surface area contributed by atoms with Crippen molar-refractivity contribution >= 4 is 27.3 Å². The summed E-state index contributed by atoms with van der Waals surface area (Å²) in [5.74, 6) is 0.620. The topological polar surface area (TPSA) is 84.5 Å². The highest BCUT2D eigenvalue weighted by Crippen LogP contribution is 2.24. The summed E-state index contributed by atoms with van der Waals surface area (Å²) in [5, 5.41) is 2.78. The molecule has 7 heteroatoms. The fourth-order valence-corrected chi connectivity index (χ4v) is 4.25. The third-order valence-electron chi connectivity index (χ3n) is 4.73. The van der Waals surface area contributed by atoms with Crippen LogP contribution >= 0.6 is 0 Å². The van der Waals surface area contributed by atoms with E-state index in [-0.39, 0.29) is 10.8 Å². The van der Waals surface area contributed by atoms with Crippen LogP contribution in [-0.4, -0.2) is 20.9 Å². The van der Waals surface area contributed by atoms with Crippen LogP contribution in [0.3, 0.4) is 0 Å². The number of carbonyl (C=O) groups is 1. The number of hydrogen-bond acceptors (Lipinski definition) is 4. The van der Waals surface area contributed by atoms with Crippen LogP contribution in [0.4, 0.5) is 11.4 Å². The van der Waals surface area contributed by atoms with Gasteiger partial charge >= 0.3 is 0 Å². The molecule has 0 saturated heterocycles. The standard InChI is InChI=1S/C24H26N2O4S/c1-18-8-6-9-19(2)24(18)26-31(28,29)22-15-13-20(14-16-22)25-23(27)12-7-17-30-21-10-4-3-5-11-21/h3-6,8-11,13-16,26H,7,12,17H2,1-2H3,(H,25,27). The Balaban J connectivity index is 1.52. The smallest absolute Gasteiger partial charge is 0.261 e. The Morgan fingerprint density at radius 3 is 2.16 bits per heavy atom. The van der Waals surface area contributed by atoms with E-state index in [4.69, 9.17) is 4.74 Å². The normalized spacial score (nSPS) is 11.0. The van der Waals surface area contributed by atoms with Crippen LogP contribution in [0.15, 0.2) is 77.7 Å². The van der Waals surface area contributed by atoms with Crippen molar-refractivity contribution in [2.75, 3.05) is 16.6 Å². The minimum atomic E-state index is -3.73. The Hall–Kier alpha value is -3.32. The molecule has 0 saturated carbocycles. The highest BCUT2D eigenvalue weighted by molar-refractivity contribution is 7.92. The van der Waals surface area contributed by atoms with Gasteiger partial charge in [0, 0.05) is 12.1 Å². The van der Waals surface area contributed by atoms with E-state index in [1.165, 1.54) is 12.1 Å². The van der Waals surface area contributed by atoms with E-state index >= 15 is 0 Å². The third-order valence-corrected chi connectivity index (χ3v) is 6.09. The third kappa shape index (κ3) is 6.33. The zero-order chi connectivity index (χ0) is 22.3. The molecule has 0 unspecified atom stereocenters. The summed E-state index contributed by atoms with van der Waals surface area (Å²) in [5.41, 5.74) is 2.82. The molecule has 31 heavy (non-hydrogen) atoms. The van der Waals surface area contributed by atoms with Gasteiger partial charge < -0.3 is 10.1 Å². The van der Waals surface area contributed by atoms with Crippen LogP contribution in [-0.2, 0) is 14.8 Å².